The summed E-state index contributed by atoms with van der Waals surface area (Å²) >= 11 is 1.12. The summed E-state index contributed by atoms with van der Waals surface area (Å²) in [5.41, 5.74) is 1.18. The molecule has 0 aliphatic heterocycles. The second-order valence-electron chi connectivity index (χ2n) is 6.81. The third kappa shape index (κ3) is 5.29. The number of nitrogens with zero attached hydrogens (tertiary/aromatic N) is 2. The smallest absolute Gasteiger partial charge is 0.277 e. The van der Waals surface area contributed by atoms with E-state index in [0.29, 0.717) is 22.9 Å². The molecule has 9 nitrogen and oxygen atoms in total. The molecule has 2 N–H and O–H groups in total. The Morgan fingerprint density at radius 1 is 1.10 bits per heavy atom. The van der Waals surface area contributed by atoms with Gasteiger partial charge in [0.2, 0.25) is 15.9 Å². The quantitative estimate of drug-likeness (QED) is 0.500. The lowest BCUT2D eigenvalue weighted by atomic mass is 10.3. The molecule has 3 aromatic rings. The van der Waals surface area contributed by atoms with Crippen LogP contribution >= 0.6 is 11.8 Å². The average Bonchev–Trinajstić information content (AvgIpc) is 3.29. The number of anilines is 1. The van der Waals surface area contributed by atoms with Crippen LogP contribution in [0.4, 0.5) is 5.69 Å². The first kappa shape index (κ1) is 22.1. The van der Waals surface area contributed by atoms with Gasteiger partial charge in [-0.25, -0.2) is 13.1 Å². The fraction of sp³-hybridized carbons (Fsp3) is 0.316. The Balaban J connectivity index is 1.61. The van der Waals surface area contributed by atoms with Gasteiger partial charge in [0.1, 0.15) is 5.76 Å². The van der Waals surface area contributed by atoms with Crippen molar-refractivity contribution in [2.75, 3.05) is 5.32 Å². The summed E-state index contributed by atoms with van der Waals surface area (Å²) in [5.74, 6) is 0.702. The number of furan rings is 1. The van der Waals surface area contributed by atoms with Crippen molar-refractivity contribution in [3.05, 3.63) is 42.4 Å². The van der Waals surface area contributed by atoms with Crippen molar-refractivity contribution in [1.82, 2.24) is 14.9 Å². The fourth-order valence-electron chi connectivity index (χ4n) is 2.52. The van der Waals surface area contributed by atoms with Crippen LogP contribution in [0, 0.1) is 6.92 Å². The Bertz CT molecular complexity index is 1120. The van der Waals surface area contributed by atoms with Gasteiger partial charge in [0.25, 0.3) is 11.1 Å². The predicted octanol–water partition coefficient (Wildman–Crippen LogP) is 3.44. The van der Waals surface area contributed by atoms with Gasteiger partial charge in [0, 0.05) is 11.7 Å². The number of hydrogen-bond acceptors (Lipinski definition) is 8. The van der Waals surface area contributed by atoms with Gasteiger partial charge in [-0.15, -0.1) is 10.2 Å². The molecule has 0 unspecified atom stereocenters. The molecule has 2 aromatic heterocycles. The summed E-state index contributed by atoms with van der Waals surface area (Å²) < 4.78 is 37.7. The van der Waals surface area contributed by atoms with E-state index in [2.05, 4.69) is 20.2 Å². The molecule has 0 saturated heterocycles. The highest BCUT2D eigenvalue weighted by atomic mass is 32.2. The highest BCUT2D eigenvalue weighted by Gasteiger charge is 2.20. The van der Waals surface area contributed by atoms with Crippen LogP contribution in [0.25, 0.3) is 11.5 Å². The van der Waals surface area contributed by atoms with E-state index in [-0.39, 0.29) is 22.1 Å². The Labute approximate surface area is 178 Å². The minimum atomic E-state index is -3.58. The first-order valence-corrected chi connectivity index (χ1v) is 11.5. The molecule has 160 valence electrons. The molecule has 0 aliphatic carbocycles. The molecule has 3 rings (SSSR count). The van der Waals surface area contributed by atoms with Gasteiger partial charge in [0.05, 0.1) is 22.0 Å². The predicted molar refractivity (Wildman–Crippen MR) is 113 cm³/mol. The molecule has 0 spiro atoms. The summed E-state index contributed by atoms with van der Waals surface area (Å²) in [7, 11) is -3.58. The molecule has 1 atom stereocenters. The maximum atomic E-state index is 12.5. The van der Waals surface area contributed by atoms with E-state index >= 15 is 0 Å². The van der Waals surface area contributed by atoms with Crippen molar-refractivity contribution in [1.29, 1.82) is 0 Å². The van der Waals surface area contributed by atoms with Gasteiger partial charge in [0.15, 0.2) is 0 Å². The summed E-state index contributed by atoms with van der Waals surface area (Å²) in [6.45, 7) is 6.98. The van der Waals surface area contributed by atoms with E-state index in [1.807, 2.05) is 0 Å². The highest BCUT2D eigenvalue weighted by molar-refractivity contribution is 8.00. The monoisotopic (exact) mass is 450 g/mol. The second-order valence-corrected chi connectivity index (χ2v) is 9.82. The van der Waals surface area contributed by atoms with Gasteiger partial charge in [-0.2, -0.15) is 0 Å². The van der Waals surface area contributed by atoms with Crippen molar-refractivity contribution >= 4 is 33.4 Å². The number of benzene rings is 1. The number of sulfonamides is 1. The van der Waals surface area contributed by atoms with Gasteiger partial charge in [-0.05, 0) is 58.0 Å². The van der Waals surface area contributed by atoms with E-state index < -0.39 is 15.3 Å². The summed E-state index contributed by atoms with van der Waals surface area (Å²) in [4.78, 5) is 12.6. The zero-order valence-electron chi connectivity index (χ0n) is 16.9. The van der Waals surface area contributed by atoms with E-state index in [9.17, 15) is 13.2 Å². The minimum Gasteiger partial charge on any atom is -0.469 e. The molecular formula is C19H22N4O5S2. The van der Waals surface area contributed by atoms with E-state index in [1.165, 1.54) is 30.5 Å². The van der Waals surface area contributed by atoms with Gasteiger partial charge in [-0.3, -0.25) is 4.79 Å². The lowest BCUT2D eigenvalue weighted by molar-refractivity contribution is -0.115. The summed E-state index contributed by atoms with van der Waals surface area (Å²) in [6.07, 6.45) is 1.53. The number of carbonyl (C=O) groups is 1. The van der Waals surface area contributed by atoms with E-state index in [1.54, 1.807) is 33.8 Å². The van der Waals surface area contributed by atoms with Crippen LogP contribution in [-0.4, -0.2) is 35.8 Å². The van der Waals surface area contributed by atoms with Gasteiger partial charge in [-0.1, -0.05) is 11.8 Å². The number of thioether (sulfide) groups is 1. The number of aromatic nitrogens is 2. The van der Waals surface area contributed by atoms with Crippen molar-refractivity contribution in [2.45, 2.75) is 49.1 Å². The Kier molecular flexibility index (Phi) is 6.64. The number of carbonyl (C=O) groups excluding carboxylic acids is 1. The maximum Gasteiger partial charge on any atom is 0.277 e. The average molecular weight is 451 g/mol. The van der Waals surface area contributed by atoms with Crippen molar-refractivity contribution in [3.63, 3.8) is 0 Å². The number of amides is 1. The third-order valence-electron chi connectivity index (χ3n) is 3.97. The van der Waals surface area contributed by atoms with Crippen LogP contribution in [0.3, 0.4) is 0 Å². The molecule has 30 heavy (non-hydrogen) atoms. The molecule has 0 fully saturated rings. The van der Waals surface area contributed by atoms with Crippen LogP contribution in [0.1, 0.15) is 26.5 Å². The molecule has 0 saturated carbocycles. The molecule has 0 bridgehead atoms. The first-order chi connectivity index (χ1) is 14.2. The molecule has 2 heterocycles. The normalized spacial score (nSPS) is 12.8. The van der Waals surface area contributed by atoms with Crippen LogP contribution in [0.2, 0.25) is 0 Å². The number of hydrogen-bond donors (Lipinski definition) is 2. The second kappa shape index (κ2) is 9.02. The Morgan fingerprint density at radius 3 is 2.40 bits per heavy atom. The first-order valence-electron chi connectivity index (χ1n) is 9.13. The van der Waals surface area contributed by atoms with Crippen LogP contribution in [0.15, 0.2) is 55.5 Å². The van der Waals surface area contributed by atoms with E-state index in [4.69, 9.17) is 8.83 Å². The lowest BCUT2D eigenvalue weighted by Gasteiger charge is -2.12. The number of rotatable bonds is 8. The zero-order valence-corrected chi connectivity index (χ0v) is 18.5. The summed E-state index contributed by atoms with van der Waals surface area (Å²) in [5, 5.41) is 10.4. The number of aryl methyl sites for hydroxylation is 1. The van der Waals surface area contributed by atoms with Gasteiger partial charge >= 0.3 is 0 Å². The van der Waals surface area contributed by atoms with Gasteiger partial charge < -0.3 is 14.2 Å². The molecule has 1 aromatic carbocycles. The molecular weight excluding hydrogens is 428 g/mol. The highest BCUT2D eigenvalue weighted by Crippen LogP contribution is 2.28. The SMILES string of the molecule is Cc1occc1-c1nnc(S[C@@H](C)C(=O)Nc2ccc(S(=O)(=O)NC(C)C)cc2)o1. The standard InChI is InChI=1S/C19H22N4O5S2/c1-11(2)23-30(25,26)15-7-5-14(6-8-15)20-17(24)13(4)29-19-22-21-18(28-19)16-9-10-27-12(16)3/h5-11,13,23H,1-4H3,(H,20,24)/t13-/m0/s1. The minimum absolute atomic E-state index is 0.129. The molecule has 11 heteroatoms. The van der Waals surface area contributed by atoms with Crippen molar-refractivity contribution in [3.8, 4) is 11.5 Å². The van der Waals surface area contributed by atoms with E-state index in [0.717, 1.165) is 11.8 Å². The Morgan fingerprint density at radius 2 is 1.80 bits per heavy atom. The topological polar surface area (TPSA) is 127 Å². The molecule has 0 aliphatic rings. The van der Waals surface area contributed by atoms with Crippen molar-refractivity contribution in [2.24, 2.45) is 0 Å². The molecule has 1 amide bonds. The third-order valence-corrected chi connectivity index (χ3v) is 6.57. The largest absolute Gasteiger partial charge is 0.469 e. The fourth-order valence-corrected chi connectivity index (χ4v) is 4.45. The molecule has 0 radical (unpaired) electrons. The van der Waals surface area contributed by atoms with Crippen LogP contribution in [-0.2, 0) is 14.8 Å². The summed E-state index contributed by atoms with van der Waals surface area (Å²) in [6, 6.07) is 7.47. The Hall–Kier alpha value is -2.63. The zero-order chi connectivity index (χ0) is 21.9. The maximum absolute atomic E-state index is 12.5. The van der Waals surface area contributed by atoms with Crippen LogP contribution < -0.4 is 10.0 Å². The lowest BCUT2D eigenvalue weighted by Crippen LogP contribution is -2.30. The number of nitrogens with one attached hydrogen (secondary N) is 2. The van der Waals surface area contributed by atoms with Crippen LogP contribution in [0.5, 0.6) is 0 Å². The van der Waals surface area contributed by atoms with Crippen molar-refractivity contribution < 1.29 is 22.0 Å².